The number of benzene rings is 1. The maximum absolute atomic E-state index is 5.46. The minimum absolute atomic E-state index is 0.542. The lowest BCUT2D eigenvalue weighted by molar-refractivity contribution is 0.355. The zero-order valence-electron chi connectivity index (χ0n) is 9.41. The SMILES string of the molecule is COc1ccc(/C(C)=C/CN)cc1OC. The number of hydrogen-bond acceptors (Lipinski definition) is 3. The molecule has 3 nitrogen and oxygen atoms in total. The van der Waals surface area contributed by atoms with Gasteiger partial charge in [0.15, 0.2) is 11.5 Å². The summed E-state index contributed by atoms with van der Waals surface area (Å²) in [5.74, 6) is 1.47. The largest absolute Gasteiger partial charge is 0.493 e. The summed E-state index contributed by atoms with van der Waals surface area (Å²) in [6.45, 7) is 2.56. The lowest BCUT2D eigenvalue weighted by atomic mass is 10.1. The summed E-state index contributed by atoms with van der Waals surface area (Å²) in [6.07, 6.45) is 1.97. The van der Waals surface area contributed by atoms with E-state index in [1.165, 1.54) is 0 Å². The van der Waals surface area contributed by atoms with E-state index in [-0.39, 0.29) is 0 Å². The summed E-state index contributed by atoms with van der Waals surface area (Å²) < 4.78 is 10.4. The molecule has 0 fully saturated rings. The molecule has 3 heteroatoms. The molecule has 0 saturated carbocycles. The third-order valence-electron chi connectivity index (χ3n) is 2.26. The van der Waals surface area contributed by atoms with Gasteiger partial charge < -0.3 is 15.2 Å². The zero-order chi connectivity index (χ0) is 11.3. The second-order valence-corrected chi connectivity index (χ2v) is 3.19. The van der Waals surface area contributed by atoms with Crippen molar-refractivity contribution in [3.8, 4) is 11.5 Å². The Bertz CT molecular complexity index is 359. The van der Waals surface area contributed by atoms with Crippen molar-refractivity contribution in [2.45, 2.75) is 6.92 Å². The fraction of sp³-hybridized carbons (Fsp3) is 0.333. The Hall–Kier alpha value is -1.48. The van der Waals surface area contributed by atoms with Crippen LogP contribution in [0, 0.1) is 0 Å². The van der Waals surface area contributed by atoms with E-state index in [1.807, 2.05) is 31.2 Å². The van der Waals surface area contributed by atoms with Gasteiger partial charge in [0, 0.05) is 6.54 Å². The Morgan fingerprint density at radius 2 is 1.93 bits per heavy atom. The smallest absolute Gasteiger partial charge is 0.161 e. The van der Waals surface area contributed by atoms with E-state index in [1.54, 1.807) is 14.2 Å². The molecule has 2 N–H and O–H groups in total. The highest BCUT2D eigenvalue weighted by Crippen LogP contribution is 2.29. The lowest BCUT2D eigenvalue weighted by Gasteiger charge is -2.09. The second kappa shape index (κ2) is 5.41. The van der Waals surface area contributed by atoms with E-state index in [2.05, 4.69) is 0 Å². The van der Waals surface area contributed by atoms with Gasteiger partial charge in [-0.3, -0.25) is 0 Å². The van der Waals surface area contributed by atoms with Crippen LogP contribution in [0.2, 0.25) is 0 Å². The van der Waals surface area contributed by atoms with Crippen LogP contribution in [0.3, 0.4) is 0 Å². The van der Waals surface area contributed by atoms with Crippen LogP contribution in [0.4, 0.5) is 0 Å². The molecule has 0 aliphatic rings. The number of nitrogens with two attached hydrogens (primary N) is 1. The fourth-order valence-corrected chi connectivity index (χ4v) is 1.38. The maximum atomic E-state index is 5.46. The molecular formula is C12H17NO2. The van der Waals surface area contributed by atoms with Gasteiger partial charge in [0.2, 0.25) is 0 Å². The summed E-state index contributed by atoms with van der Waals surface area (Å²) in [7, 11) is 3.25. The number of allylic oxidation sites excluding steroid dienone is 1. The van der Waals surface area contributed by atoms with E-state index >= 15 is 0 Å². The van der Waals surface area contributed by atoms with Gasteiger partial charge in [-0.15, -0.1) is 0 Å². The summed E-state index contributed by atoms with van der Waals surface area (Å²) >= 11 is 0. The first-order valence-corrected chi connectivity index (χ1v) is 4.82. The van der Waals surface area contributed by atoms with Gasteiger partial charge in [0.05, 0.1) is 14.2 Å². The Kier molecular flexibility index (Phi) is 4.18. The van der Waals surface area contributed by atoms with Gasteiger partial charge in [0.25, 0.3) is 0 Å². The van der Waals surface area contributed by atoms with Crippen LogP contribution in [0.5, 0.6) is 11.5 Å². The standard InChI is InChI=1S/C12H17NO2/c1-9(6-7-13)10-4-5-11(14-2)12(8-10)15-3/h4-6,8H,7,13H2,1-3H3/b9-6+. The quantitative estimate of drug-likeness (QED) is 0.822. The van der Waals surface area contributed by atoms with Gasteiger partial charge >= 0.3 is 0 Å². The highest BCUT2D eigenvalue weighted by Gasteiger charge is 2.04. The predicted octanol–water partition coefficient (Wildman–Crippen LogP) is 2.07. The fourth-order valence-electron chi connectivity index (χ4n) is 1.38. The molecule has 0 heterocycles. The Morgan fingerprint density at radius 1 is 1.27 bits per heavy atom. The van der Waals surface area contributed by atoms with E-state index in [0.717, 1.165) is 22.6 Å². The molecule has 0 unspecified atom stereocenters. The Labute approximate surface area is 90.5 Å². The molecule has 0 aliphatic heterocycles. The van der Waals surface area contributed by atoms with Gasteiger partial charge in [0.1, 0.15) is 0 Å². The van der Waals surface area contributed by atoms with Crippen LogP contribution in [0.25, 0.3) is 5.57 Å². The number of methoxy groups -OCH3 is 2. The average Bonchev–Trinajstić information content (AvgIpc) is 2.28. The van der Waals surface area contributed by atoms with E-state index in [0.29, 0.717) is 6.54 Å². The average molecular weight is 207 g/mol. The number of hydrogen-bond donors (Lipinski definition) is 1. The molecule has 1 rings (SSSR count). The monoisotopic (exact) mass is 207 g/mol. The molecule has 1 aromatic carbocycles. The van der Waals surface area contributed by atoms with E-state index in [4.69, 9.17) is 15.2 Å². The van der Waals surface area contributed by atoms with Crippen LogP contribution in [-0.4, -0.2) is 20.8 Å². The molecule has 0 saturated heterocycles. The second-order valence-electron chi connectivity index (χ2n) is 3.19. The summed E-state index contributed by atoms with van der Waals surface area (Å²) in [6, 6.07) is 5.82. The normalized spacial score (nSPS) is 11.3. The van der Waals surface area contributed by atoms with Crippen LogP contribution < -0.4 is 15.2 Å². The Morgan fingerprint density at radius 3 is 2.47 bits per heavy atom. The van der Waals surface area contributed by atoms with Crippen LogP contribution in [0.1, 0.15) is 12.5 Å². The summed E-state index contributed by atoms with van der Waals surface area (Å²) in [4.78, 5) is 0. The van der Waals surface area contributed by atoms with Crippen LogP contribution >= 0.6 is 0 Å². The number of rotatable bonds is 4. The van der Waals surface area contributed by atoms with Crippen LogP contribution in [-0.2, 0) is 0 Å². The van der Waals surface area contributed by atoms with Crippen molar-refractivity contribution in [1.82, 2.24) is 0 Å². The molecule has 0 aliphatic carbocycles. The molecular weight excluding hydrogens is 190 g/mol. The molecule has 0 aromatic heterocycles. The van der Waals surface area contributed by atoms with Crippen molar-refractivity contribution in [3.63, 3.8) is 0 Å². The van der Waals surface area contributed by atoms with Crippen molar-refractivity contribution in [2.75, 3.05) is 20.8 Å². The highest BCUT2D eigenvalue weighted by atomic mass is 16.5. The molecule has 0 spiro atoms. The third-order valence-corrected chi connectivity index (χ3v) is 2.26. The van der Waals surface area contributed by atoms with Gasteiger partial charge in [-0.05, 0) is 30.2 Å². The molecule has 0 amide bonds. The van der Waals surface area contributed by atoms with Crippen molar-refractivity contribution in [1.29, 1.82) is 0 Å². The minimum atomic E-state index is 0.542. The summed E-state index contributed by atoms with van der Waals surface area (Å²) in [5.41, 5.74) is 7.69. The summed E-state index contributed by atoms with van der Waals surface area (Å²) in [5, 5.41) is 0. The van der Waals surface area contributed by atoms with Crippen molar-refractivity contribution >= 4 is 5.57 Å². The van der Waals surface area contributed by atoms with Crippen molar-refractivity contribution in [3.05, 3.63) is 29.8 Å². The molecule has 0 radical (unpaired) electrons. The zero-order valence-corrected chi connectivity index (χ0v) is 9.41. The molecule has 1 aromatic rings. The predicted molar refractivity (Wildman–Crippen MR) is 62.3 cm³/mol. The first kappa shape index (κ1) is 11.6. The van der Waals surface area contributed by atoms with E-state index in [9.17, 15) is 0 Å². The number of ether oxygens (including phenoxy) is 2. The molecule has 0 bridgehead atoms. The molecule has 15 heavy (non-hydrogen) atoms. The van der Waals surface area contributed by atoms with Gasteiger partial charge in [-0.2, -0.15) is 0 Å². The van der Waals surface area contributed by atoms with Crippen LogP contribution in [0.15, 0.2) is 24.3 Å². The first-order valence-electron chi connectivity index (χ1n) is 4.82. The third kappa shape index (κ3) is 2.73. The molecule has 82 valence electrons. The first-order chi connectivity index (χ1) is 7.22. The van der Waals surface area contributed by atoms with Crippen molar-refractivity contribution < 1.29 is 9.47 Å². The highest BCUT2D eigenvalue weighted by molar-refractivity contribution is 5.66. The Balaban J connectivity index is 3.08. The van der Waals surface area contributed by atoms with Crippen molar-refractivity contribution in [2.24, 2.45) is 5.73 Å². The minimum Gasteiger partial charge on any atom is -0.493 e. The topological polar surface area (TPSA) is 44.5 Å². The molecule has 0 atom stereocenters. The van der Waals surface area contributed by atoms with E-state index < -0.39 is 0 Å². The lowest BCUT2D eigenvalue weighted by Crippen LogP contribution is -1.95. The van der Waals surface area contributed by atoms with Gasteiger partial charge in [-0.1, -0.05) is 12.1 Å². The maximum Gasteiger partial charge on any atom is 0.161 e. The van der Waals surface area contributed by atoms with Gasteiger partial charge in [-0.25, -0.2) is 0 Å².